The largest absolute Gasteiger partial charge is 0.306 e. The van der Waals surface area contributed by atoms with Crippen LogP contribution in [0, 0.1) is 0 Å². The molecule has 1 aromatic carbocycles. The van der Waals surface area contributed by atoms with Crippen LogP contribution in [0.15, 0.2) is 35.2 Å². The summed E-state index contributed by atoms with van der Waals surface area (Å²) in [5.41, 5.74) is 2.70. The number of benzene rings is 1. The number of hydrogen-bond acceptors (Lipinski definition) is 3. The number of hydrogen-bond donors (Lipinski definition) is 0. The SMILES string of the molecule is C[C@@H]1CCN(C(=O)c2cc(C3CC3)n(C(C)(C)C)n2)c2ccccc2S1. The molecule has 2 aromatic rings. The normalized spacial score (nSPS) is 20.6. The number of anilines is 1. The third kappa shape index (κ3) is 3.29. The smallest absolute Gasteiger partial charge is 0.278 e. The molecule has 4 nitrogen and oxygen atoms in total. The van der Waals surface area contributed by atoms with Crippen LogP contribution in [0.1, 0.15) is 69.1 Å². The highest BCUT2D eigenvalue weighted by Gasteiger charge is 2.34. The minimum atomic E-state index is -0.114. The van der Waals surface area contributed by atoms with Crippen molar-refractivity contribution in [2.45, 2.75) is 68.6 Å². The van der Waals surface area contributed by atoms with Gasteiger partial charge >= 0.3 is 0 Å². The Morgan fingerprint density at radius 1 is 1.19 bits per heavy atom. The van der Waals surface area contributed by atoms with Gasteiger partial charge in [0.05, 0.1) is 11.2 Å². The molecule has 138 valence electrons. The first kappa shape index (κ1) is 17.7. The van der Waals surface area contributed by atoms with E-state index in [0.717, 1.165) is 18.7 Å². The lowest BCUT2D eigenvalue weighted by Crippen LogP contribution is -2.33. The number of rotatable bonds is 2. The standard InChI is InChI=1S/C21H27N3OS/c1-14-11-12-23(17-7-5-6-8-19(17)26-14)20(25)16-13-18(15-9-10-15)24(22-16)21(2,3)4/h5-8,13-15H,9-12H2,1-4H3/t14-/m1/s1. The molecule has 1 aliphatic heterocycles. The van der Waals surface area contributed by atoms with Crippen LogP contribution < -0.4 is 4.90 Å². The lowest BCUT2D eigenvalue weighted by Gasteiger charge is -2.23. The highest BCUT2D eigenvalue weighted by molar-refractivity contribution is 8.00. The first-order valence-electron chi connectivity index (χ1n) is 9.52. The van der Waals surface area contributed by atoms with Crippen LogP contribution in [0.25, 0.3) is 0 Å². The maximum absolute atomic E-state index is 13.4. The summed E-state index contributed by atoms with van der Waals surface area (Å²) >= 11 is 1.86. The number of aromatic nitrogens is 2. The molecule has 0 radical (unpaired) electrons. The van der Waals surface area contributed by atoms with Crippen molar-refractivity contribution in [2.75, 3.05) is 11.4 Å². The molecule has 0 bridgehead atoms. The van der Waals surface area contributed by atoms with Gasteiger partial charge in [-0.15, -0.1) is 11.8 Å². The van der Waals surface area contributed by atoms with Gasteiger partial charge in [-0.25, -0.2) is 0 Å². The predicted molar refractivity (Wildman–Crippen MR) is 107 cm³/mol. The van der Waals surface area contributed by atoms with Gasteiger partial charge in [0.1, 0.15) is 0 Å². The Hall–Kier alpha value is -1.75. The minimum Gasteiger partial charge on any atom is -0.306 e. The zero-order valence-electron chi connectivity index (χ0n) is 16.0. The number of thioether (sulfide) groups is 1. The minimum absolute atomic E-state index is 0.0250. The van der Waals surface area contributed by atoms with E-state index in [1.54, 1.807) is 0 Å². The molecular weight excluding hydrogens is 342 g/mol. The van der Waals surface area contributed by atoms with Crippen LogP contribution in [0.2, 0.25) is 0 Å². The van der Waals surface area contributed by atoms with E-state index >= 15 is 0 Å². The second-order valence-electron chi connectivity index (χ2n) is 8.45. The average molecular weight is 370 g/mol. The molecule has 5 heteroatoms. The van der Waals surface area contributed by atoms with Gasteiger partial charge in [0.15, 0.2) is 5.69 Å². The van der Waals surface area contributed by atoms with E-state index in [-0.39, 0.29) is 11.4 Å². The first-order valence-corrected chi connectivity index (χ1v) is 10.4. The average Bonchev–Trinajstić information content (AvgIpc) is 3.35. The summed E-state index contributed by atoms with van der Waals surface area (Å²) in [5, 5.41) is 5.26. The number of carbonyl (C=O) groups is 1. The van der Waals surface area contributed by atoms with Crippen molar-refractivity contribution in [3.63, 3.8) is 0 Å². The molecule has 1 aromatic heterocycles. The van der Waals surface area contributed by atoms with E-state index in [9.17, 15) is 4.79 Å². The zero-order chi connectivity index (χ0) is 18.5. The van der Waals surface area contributed by atoms with Crippen molar-refractivity contribution < 1.29 is 4.79 Å². The van der Waals surface area contributed by atoms with Crippen molar-refractivity contribution in [1.29, 1.82) is 0 Å². The van der Waals surface area contributed by atoms with Crippen LogP contribution in [0.3, 0.4) is 0 Å². The number of para-hydroxylation sites is 1. The van der Waals surface area contributed by atoms with E-state index in [4.69, 9.17) is 5.10 Å². The summed E-state index contributed by atoms with van der Waals surface area (Å²) in [5.74, 6) is 0.590. The van der Waals surface area contributed by atoms with Gasteiger partial charge in [-0.2, -0.15) is 5.10 Å². The highest BCUT2D eigenvalue weighted by Crippen LogP contribution is 2.42. The maximum atomic E-state index is 13.4. The zero-order valence-corrected chi connectivity index (χ0v) is 16.8. The predicted octanol–water partition coefficient (Wildman–Crippen LogP) is 5.05. The summed E-state index contributed by atoms with van der Waals surface area (Å²) in [7, 11) is 0. The van der Waals surface area contributed by atoms with Crippen molar-refractivity contribution in [3.8, 4) is 0 Å². The van der Waals surface area contributed by atoms with Crippen LogP contribution in [-0.2, 0) is 5.54 Å². The van der Waals surface area contributed by atoms with E-state index in [2.05, 4.69) is 44.5 Å². The van der Waals surface area contributed by atoms with Gasteiger partial charge in [0, 0.05) is 28.3 Å². The molecular formula is C21H27N3OS. The fourth-order valence-electron chi connectivity index (χ4n) is 3.54. The highest BCUT2D eigenvalue weighted by atomic mass is 32.2. The van der Waals surface area contributed by atoms with Gasteiger partial charge in [0.2, 0.25) is 0 Å². The van der Waals surface area contributed by atoms with Crippen molar-refractivity contribution in [2.24, 2.45) is 0 Å². The first-order chi connectivity index (χ1) is 12.3. The lowest BCUT2D eigenvalue weighted by atomic mass is 10.1. The Morgan fingerprint density at radius 2 is 1.92 bits per heavy atom. The third-order valence-corrected chi connectivity index (χ3v) is 6.31. The van der Waals surface area contributed by atoms with E-state index in [1.807, 2.05) is 34.9 Å². The van der Waals surface area contributed by atoms with Crippen LogP contribution >= 0.6 is 11.8 Å². The van der Waals surface area contributed by atoms with Gasteiger partial charge < -0.3 is 4.90 Å². The summed E-state index contributed by atoms with van der Waals surface area (Å²) in [6.45, 7) is 9.43. The van der Waals surface area contributed by atoms with E-state index in [1.165, 1.54) is 23.4 Å². The molecule has 2 aliphatic rings. The lowest BCUT2D eigenvalue weighted by molar-refractivity contribution is 0.0980. The number of amides is 1. The number of nitrogens with zero attached hydrogens (tertiary/aromatic N) is 3. The van der Waals surface area contributed by atoms with E-state index < -0.39 is 0 Å². The second kappa shape index (κ2) is 6.45. The van der Waals surface area contributed by atoms with Gasteiger partial charge in [-0.3, -0.25) is 9.48 Å². The molecule has 0 N–H and O–H groups in total. The second-order valence-corrected chi connectivity index (χ2v) is 9.93. The van der Waals surface area contributed by atoms with Crippen LogP contribution in [0.5, 0.6) is 0 Å². The topological polar surface area (TPSA) is 38.1 Å². The molecule has 0 unspecified atom stereocenters. The Labute approximate surface area is 160 Å². The number of carbonyl (C=O) groups excluding carboxylic acids is 1. The van der Waals surface area contributed by atoms with Gasteiger partial charge in [-0.05, 0) is 58.2 Å². The van der Waals surface area contributed by atoms with E-state index in [0.29, 0.717) is 16.9 Å². The van der Waals surface area contributed by atoms with Crippen molar-refractivity contribution in [1.82, 2.24) is 9.78 Å². The summed E-state index contributed by atoms with van der Waals surface area (Å²) in [4.78, 5) is 16.5. The number of fused-ring (bicyclic) bond motifs is 1. The fraction of sp³-hybridized carbons (Fsp3) is 0.524. The molecule has 1 aliphatic carbocycles. The molecule has 4 rings (SSSR count). The Bertz CT molecular complexity index is 832. The molecule has 0 spiro atoms. The fourth-order valence-corrected chi connectivity index (χ4v) is 4.66. The molecule has 1 atom stereocenters. The monoisotopic (exact) mass is 369 g/mol. The Morgan fingerprint density at radius 3 is 2.62 bits per heavy atom. The van der Waals surface area contributed by atoms with Crippen molar-refractivity contribution in [3.05, 3.63) is 41.7 Å². The summed E-state index contributed by atoms with van der Waals surface area (Å²) < 4.78 is 2.07. The van der Waals surface area contributed by atoms with Crippen LogP contribution in [0.4, 0.5) is 5.69 Å². The Kier molecular flexibility index (Phi) is 4.38. The molecule has 1 amide bonds. The third-order valence-electron chi connectivity index (χ3n) is 5.08. The molecule has 1 fully saturated rings. The molecule has 1 saturated carbocycles. The maximum Gasteiger partial charge on any atom is 0.278 e. The van der Waals surface area contributed by atoms with Gasteiger partial charge in [0.25, 0.3) is 5.91 Å². The summed E-state index contributed by atoms with van der Waals surface area (Å²) in [6, 6.07) is 10.3. The van der Waals surface area contributed by atoms with Crippen molar-refractivity contribution >= 4 is 23.4 Å². The van der Waals surface area contributed by atoms with Crippen LogP contribution in [-0.4, -0.2) is 27.5 Å². The Balaban J connectivity index is 1.72. The molecule has 0 saturated heterocycles. The molecule has 2 heterocycles. The summed E-state index contributed by atoms with van der Waals surface area (Å²) in [6.07, 6.45) is 3.40. The van der Waals surface area contributed by atoms with Gasteiger partial charge in [-0.1, -0.05) is 19.1 Å². The molecule has 26 heavy (non-hydrogen) atoms. The quantitative estimate of drug-likeness (QED) is 0.744.